The molecule has 0 radical (unpaired) electrons. The first-order valence-electron chi connectivity index (χ1n) is 6.09. The van der Waals surface area contributed by atoms with E-state index in [2.05, 4.69) is 38.1 Å². The van der Waals surface area contributed by atoms with E-state index in [1.807, 2.05) is 13.0 Å². The van der Waals surface area contributed by atoms with Crippen LogP contribution in [-0.4, -0.2) is 0 Å². The molecule has 0 amide bonds. The highest BCUT2D eigenvalue weighted by Gasteiger charge is 2.09. The van der Waals surface area contributed by atoms with Crippen LogP contribution in [0.2, 0.25) is 5.02 Å². The van der Waals surface area contributed by atoms with Gasteiger partial charge in [0.15, 0.2) is 0 Å². The largest absolute Gasteiger partial charge is 0.326 e. The fourth-order valence-electron chi connectivity index (χ4n) is 2.19. The number of aryl methyl sites for hydroxylation is 3. The van der Waals surface area contributed by atoms with E-state index >= 15 is 0 Å². The molecule has 2 heteroatoms. The van der Waals surface area contributed by atoms with Crippen molar-refractivity contribution in [1.29, 1.82) is 0 Å². The van der Waals surface area contributed by atoms with Gasteiger partial charge in [0.2, 0.25) is 0 Å². The summed E-state index contributed by atoms with van der Waals surface area (Å²) in [4.78, 5) is 0. The van der Waals surface area contributed by atoms with E-state index in [4.69, 9.17) is 17.3 Å². The van der Waals surface area contributed by atoms with Gasteiger partial charge in [-0.2, -0.15) is 0 Å². The first-order chi connectivity index (χ1) is 8.52. The normalized spacial score (nSPS) is 10.7. The lowest BCUT2D eigenvalue weighted by atomic mass is 9.93. The predicted octanol–water partition coefficient (Wildman–Crippen LogP) is 4.39. The topological polar surface area (TPSA) is 26.0 Å². The Morgan fingerprint density at radius 1 is 0.944 bits per heavy atom. The Morgan fingerprint density at radius 3 is 2.33 bits per heavy atom. The van der Waals surface area contributed by atoms with Crippen LogP contribution in [0, 0.1) is 20.8 Å². The van der Waals surface area contributed by atoms with E-state index in [1.165, 1.54) is 27.8 Å². The fourth-order valence-corrected chi connectivity index (χ4v) is 2.41. The van der Waals surface area contributed by atoms with Crippen LogP contribution in [0.3, 0.4) is 0 Å². The minimum Gasteiger partial charge on any atom is -0.326 e. The van der Waals surface area contributed by atoms with Gasteiger partial charge in [0.25, 0.3) is 0 Å². The van der Waals surface area contributed by atoms with Crippen LogP contribution in [0.1, 0.15) is 22.3 Å². The maximum Gasteiger partial charge on any atom is 0.0438 e. The highest BCUT2D eigenvalue weighted by molar-refractivity contribution is 6.31. The summed E-state index contributed by atoms with van der Waals surface area (Å²) in [5.41, 5.74) is 13.0. The van der Waals surface area contributed by atoms with E-state index in [-0.39, 0.29) is 0 Å². The summed E-state index contributed by atoms with van der Waals surface area (Å²) in [5.74, 6) is 0. The molecule has 0 aliphatic rings. The number of hydrogen-bond acceptors (Lipinski definition) is 1. The van der Waals surface area contributed by atoms with Gasteiger partial charge in [0.05, 0.1) is 0 Å². The highest BCUT2D eigenvalue weighted by atomic mass is 35.5. The summed E-state index contributed by atoms with van der Waals surface area (Å²) in [6.45, 7) is 6.77. The Morgan fingerprint density at radius 2 is 1.67 bits per heavy atom. The molecular weight excluding hydrogens is 242 g/mol. The van der Waals surface area contributed by atoms with Crippen LogP contribution in [0.4, 0.5) is 0 Å². The maximum atomic E-state index is 6.15. The van der Waals surface area contributed by atoms with Crippen LogP contribution in [0.15, 0.2) is 30.3 Å². The second-order valence-electron chi connectivity index (χ2n) is 4.78. The van der Waals surface area contributed by atoms with Gasteiger partial charge in [-0.25, -0.2) is 0 Å². The first-order valence-corrected chi connectivity index (χ1v) is 6.47. The average Bonchev–Trinajstić information content (AvgIpc) is 2.34. The molecule has 0 fully saturated rings. The highest BCUT2D eigenvalue weighted by Crippen LogP contribution is 2.31. The molecule has 0 atom stereocenters. The quantitative estimate of drug-likeness (QED) is 0.850. The van der Waals surface area contributed by atoms with E-state index in [0.717, 1.165) is 10.6 Å². The van der Waals surface area contributed by atoms with Gasteiger partial charge in [-0.15, -0.1) is 0 Å². The zero-order valence-corrected chi connectivity index (χ0v) is 11.8. The smallest absolute Gasteiger partial charge is 0.0438 e. The van der Waals surface area contributed by atoms with E-state index in [9.17, 15) is 0 Å². The summed E-state index contributed by atoms with van der Waals surface area (Å²) in [5, 5.41) is 0.818. The van der Waals surface area contributed by atoms with Gasteiger partial charge in [0.1, 0.15) is 0 Å². The van der Waals surface area contributed by atoms with Crippen LogP contribution >= 0.6 is 11.6 Å². The van der Waals surface area contributed by atoms with Crippen molar-refractivity contribution in [3.63, 3.8) is 0 Å². The summed E-state index contributed by atoms with van der Waals surface area (Å²) in [7, 11) is 0. The molecule has 0 aliphatic carbocycles. The van der Waals surface area contributed by atoms with E-state index in [1.54, 1.807) is 0 Å². The SMILES string of the molecule is Cc1ccc(CN)c(-c2cc(C)c(Cl)cc2C)c1. The molecule has 0 bridgehead atoms. The standard InChI is InChI=1S/C16H18ClN/c1-10-4-5-13(9-18)15(6-10)14-7-12(3)16(17)8-11(14)2/h4-8H,9,18H2,1-3H3. The maximum absolute atomic E-state index is 6.15. The lowest BCUT2D eigenvalue weighted by Crippen LogP contribution is -2.00. The van der Waals surface area contributed by atoms with Gasteiger partial charge in [-0.3, -0.25) is 0 Å². The molecule has 2 N–H and O–H groups in total. The third-order valence-electron chi connectivity index (χ3n) is 3.28. The van der Waals surface area contributed by atoms with Gasteiger partial charge in [0, 0.05) is 11.6 Å². The van der Waals surface area contributed by atoms with Crippen LogP contribution in [0.25, 0.3) is 11.1 Å². The molecule has 18 heavy (non-hydrogen) atoms. The number of rotatable bonds is 2. The number of nitrogens with two attached hydrogens (primary N) is 1. The fraction of sp³-hybridized carbons (Fsp3) is 0.250. The van der Waals surface area contributed by atoms with Crippen molar-refractivity contribution in [2.45, 2.75) is 27.3 Å². The van der Waals surface area contributed by atoms with Crippen molar-refractivity contribution >= 4 is 11.6 Å². The number of halogens is 1. The zero-order chi connectivity index (χ0) is 13.3. The minimum atomic E-state index is 0.552. The number of benzene rings is 2. The zero-order valence-electron chi connectivity index (χ0n) is 11.0. The molecule has 94 valence electrons. The number of hydrogen-bond donors (Lipinski definition) is 1. The van der Waals surface area contributed by atoms with Gasteiger partial charge in [-0.1, -0.05) is 35.4 Å². The van der Waals surface area contributed by atoms with Crippen molar-refractivity contribution in [1.82, 2.24) is 0 Å². The molecular formula is C16H18ClN. The monoisotopic (exact) mass is 259 g/mol. The molecule has 0 aliphatic heterocycles. The Kier molecular flexibility index (Phi) is 3.74. The molecule has 2 aromatic carbocycles. The average molecular weight is 260 g/mol. The summed E-state index contributed by atoms with van der Waals surface area (Å²) in [6.07, 6.45) is 0. The van der Waals surface area contributed by atoms with Crippen LogP contribution in [-0.2, 0) is 6.54 Å². The second-order valence-corrected chi connectivity index (χ2v) is 5.19. The molecule has 0 aromatic heterocycles. The van der Waals surface area contributed by atoms with Crippen molar-refractivity contribution in [2.24, 2.45) is 5.73 Å². The van der Waals surface area contributed by atoms with Crippen LogP contribution < -0.4 is 5.73 Å². The summed E-state index contributed by atoms with van der Waals surface area (Å²) in [6, 6.07) is 10.6. The van der Waals surface area contributed by atoms with Crippen molar-refractivity contribution in [2.75, 3.05) is 0 Å². The van der Waals surface area contributed by atoms with Gasteiger partial charge < -0.3 is 5.73 Å². The third kappa shape index (κ3) is 2.43. The van der Waals surface area contributed by atoms with E-state index < -0.39 is 0 Å². The molecule has 0 saturated heterocycles. The molecule has 1 nitrogen and oxygen atoms in total. The van der Waals surface area contributed by atoms with Crippen molar-refractivity contribution < 1.29 is 0 Å². The molecule has 0 unspecified atom stereocenters. The summed E-state index contributed by atoms with van der Waals surface area (Å²) < 4.78 is 0. The van der Waals surface area contributed by atoms with Crippen molar-refractivity contribution in [3.8, 4) is 11.1 Å². The van der Waals surface area contributed by atoms with Gasteiger partial charge in [-0.05, 0) is 60.7 Å². The Bertz CT molecular complexity index is 588. The summed E-state index contributed by atoms with van der Waals surface area (Å²) >= 11 is 6.15. The molecule has 0 spiro atoms. The lowest BCUT2D eigenvalue weighted by molar-refractivity contribution is 1.07. The Hall–Kier alpha value is -1.31. The molecule has 0 saturated carbocycles. The molecule has 0 heterocycles. The first kappa shape index (κ1) is 13.1. The predicted molar refractivity (Wildman–Crippen MR) is 79.0 cm³/mol. The van der Waals surface area contributed by atoms with Gasteiger partial charge >= 0.3 is 0 Å². The Labute approximate surface area is 114 Å². The van der Waals surface area contributed by atoms with Crippen LogP contribution in [0.5, 0.6) is 0 Å². The second kappa shape index (κ2) is 5.13. The van der Waals surface area contributed by atoms with E-state index in [0.29, 0.717) is 6.54 Å². The lowest BCUT2D eigenvalue weighted by Gasteiger charge is -2.13. The third-order valence-corrected chi connectivity index (χ3v) is 3.69. The Balaban J connectivity index is 2.68. The van der Waals surface area contributed by atoms with Crippen molar-refractivity contribution in [3.05, 3.63) is 57.6 Å². The minimum absolute atomic E-state index is 0.552. The molecule has 2 aromatic rings. The molecule has 2 rings (SSSR count).